The van der Waals surface area contributed by atoms with Crippen LogP contribution < -0.4 is 0 Å². The molecule has 1 atom stereocenters. The normalized spacial score (nSPS) is 16.3. The molecule has 1 aromatic carbocycles. The molecule has 4 nitrogen and oxygen atoms in total. The highest BCUT2D eigenvalue weighted by Crippen LogP contribution is 2.29. The zero-order valence-electron chi connectivity index (χ0n) is 13.2. The summed E-state index contributed by atoms with van der Waals surface area (Å²) in [5.74, 6) is 2.61. The highest BCUT2D eigenvalue weighted by molar-refractivity contribution is 7.82. The molecule has 0 spiro atoms. The van der Waals surface area contributed by atoms with Gasteiger partial charge < -0.3 is 4.98 Å². The number of rotatable bonds is 3. The van der Waals surface area contributed by atoms with E-state index in [0.717, 1.165) is 58.7 Å². The van der Waals surface area contributed by atoms with E-state index < -0.39 is 11.0 Å². The second-order valence-electron chi connectivity index (χ2n) is 5.86. The van der Waals surface area contributed by atoms with Crippen LogP contribution in [0.3, 0.4) is 0 Å². The minimum absolute atomic E-state index is 0.719. The van der Waals surface area contributed by atoms with Crippen LogP contribution in [0.4, 0.5) is 0 Å². The Morgan fingerprint density at radius 1 is 1.17 bits per heavy atom. The molecule has 0 saturated carbocycles. The first-order valence-electron chi connectivity index (χ1n) is 7.98. The van der Waals surface area contributed by atoms with Gasteiger partial charge in [-0.2, -0.15) is 0 Å². The quantitative estimate of drug-likeness (QED) is 0.747. The van der Waals surface area contributed by atoms with Crippen molar-refractivity contribution in [3.63, 3.8) is 0 Å². The summed E-state index contributed by atoms with van der Waals surface area (Å²) in [6.07, 6.45) is 9.49. The van der Waals surface area contributed by atoms with Gasteiger partial charge in [0.05, 0.1) is 10.6 Å². The lowest BCUT2D eigenvalue weighted by molar-refractivity contribution is 0.536. The van der Waals surface area contributed by atoms with Gasteiger partial charge >= 0.3 is 0 Å². The summed E-state index contributed by atoms with van der Waals surface area (Å²) < 4.78 is 14.6. The van der Waals surface area contributed by atoms with E-state index in [0.29, 0.717) is 0 Å². The fourth-order valence-corrected chi connectivity index (χ4v) is 4.37. The Hall–Kier alpha value is -2.42. The van der Waals surface area contributed by atoms with E-state index in [1.807, 2.05) is 40.7 Å². The van der Waals surface area contributed by atoms with Gasteiger partial charge in [-0.3, -0.25) is 0 Å². The van der Waals surface area contributed by atoms with E-state index >= 15 is 0 Å². The third-order valence-electron chi connectivity index (χ3n) is 4.35. The fourth-order valence-electron chi connectivity index (χ4n) is 3.11. The van der Waals surface area contributed by atoms with Gasteiger partial charge in [0.1, 0.15) is 16.6 Å². The van der Waals surface area contributed by atoms with Crippen LogP contribution in [0.5, 0.6) is 0 Å². The van der Waals surface area contributed by atoms with Gasteiger partial charge in [0.25, 0.3) is 0 Å². The summed E-state index contributed by atoms with van der Waals surface area (Å²) in [5, 5.41) is 0.999. The molecule has 0 amide bonds. The third kappa shape index (κ3) is 2.64. The predicted molar refractivity (Wildman–Crippen MR) is 96.7 cm³/mol. The van der Waals surface area contributed by atoms with Gasteiger partial charge in [-0.05, 0) is 48.2 Å². The number of nitrogens with one attached hydrogen (secondary N) is 1. The summed E-state index contributed by atoms with van der Waals surface area (Å²) in [6, 6.07) is 11.8. The Kier molecular flexibility index (Phi) is 3.93. The van der Waals surface area contributed by atoms with Crippen molar-refractivity contribution in [1.29, 1.82) is 0 Å². The van der Waals surface area contributed by atoms with E-state index in [1.165, 1.54) is 0 Å². The average Bonchev–Trinajstić information content (AvgIpc) is 3.30. The summed E-state index contributed by atoms with van der Waals surface area (Å²) in [6.45, 7) is 1.83. The van der Waals surface area contributed by atoms with E-state index in [4.69, 9.17) is 6.42 Å². The second kappa shape index (κ2) is 6.23. The molecule has 0 radical (unpaired) electrons. The molecular formula is C19H17N3OS. The van der Waals surface area contributed by atoms with Crippen molar-refractivity contribution >= 4 is 22.0 Å². The van der Waals surface area contributed by atoms with Crippen molar-refractivity contribution in [3.05, 3.63) is 48.3 Å². The molecule has 0 bridgehead atoms. The molecule has 1 saturated heterocycles. The first-order chi connectivity index (χ1) is 11.8. The Labute approximate surface area is 143 Å². The lowest BCUT2D eigenvalue weighted by Crippen LogP contribution is -2.21. The number of hydrogen-bond acceptors (Lipinski definition) is 2. The van der Waals surface area contributed by atoms with Gasteiger partial charge in [-0.25, -0.2) is 13.5 Å². The topological polar surface area (TPSA) is 49.0 Å². The monoisotopic (exact) mass is 335 g/mol. The van der Waals surface area contributed by atoms with E-state index in [2.05, 4.69) is 15.9 Å². The van der Waals surface area contributed by atoms with Crippen LogP contribution in [0, 0.1) is 12.3 Å². The lowest BCUT2D eigenvalue weighted by Gasteiger charge is -2.14. The molecular weight excluding hydrogens is 318 g/mol. The van der Waals surface area contributed by atoms with Crippen LogP contribution in [0.1, 0.15) is 18.5 Å². The number of H-pyrrole nitrogens is 1. The third-order valence-corrected chi connectivity index (χ3v) is 5.86. The van der Waals surface area contributed by atoms with Crippen LogP contribution in [0.2, 0.25) is 0 Å². The Balaban J connectivity index is 1.69. The zero-order valence-corrected chi connectivity index (χ0v) is 14.0. The molecule has 0 aliphatic carbocycles. The summed E-state index contributed by atoms with van der Waals surface area (Å²) >= 11 is 0. The first-order valence-corrected chi connectivity index (χ1v) is 9.08. The highest BCUT2D eigenvalue weighted by atomic mass is 32.2. The highest BCUT2D eigenvalue weighted by Gasteiger charge is 2.19. The molecule has 24 heavy (non-hydrogen) atoms. The standard InChI is InChI=1S/C19H17N3OS/c1-2-15-13-18-17(9-10-20-19(18)21-15)14-5-7-16(8-6-14)24(23)22-11-3-4-12-22/h1,5-10,13H,3-4,11-12H2,(H,20,21). The average molecular weight is 335 g/mol. The fraction of sp³-hybridized carbons (Fsp3) is 0.211. The molecule has 3 aromatic rings. The van der Waals surface area contributed by atoms with Crippen LogP contribution in [-0.2, 0) is 11.0 Å². The number of aromatic nitrogens is 2. The smallest absolute Gasteiger partial charge is 0.138 e. The van der Waals surface area contributed by atoms with Crippen LogP contribution in [-0.4, -0.2) is 31.6 Å². The van der Waals surface area contributed by atoms with Crippen molar-refractivity contribution in [3.8, 4) is 23.5 Å². The number of benzene rings is 1. The van der Waals surface area contributed by atoms with Crippen LogP contribution in [0.25, 0.3) is 22.2 Å². The van der Waals surface area contributed by atoms with E-state index in [1.54, 1.807) is 6.20 Å². The maximum atomic E-state index is 12.5. The van der Waals surface area contributed by atoms with Gasteiger partial charge in [-0.1, -0.05) is 18.1 Å². The van der Waals surface area contributed by atoms with Crippen LogP contribution >= 0.6 is 0 Å². The lowest BCUT2D eigenvalue weighted by atomic mass is 10.0. The number of aromatic amines is 1. The largest absolute Gasteiger partial charge is 0.333 e. The number of nitrogens with zero attached hydrogens (tertiary/aromatic N) is 2. The predicted octanol–water partition coefficient (Wildman–Crippen LogP) is 3.33. The molecule has 1 aliphatic heterocycles. The number of fused-ring (bicyclic) bond motifs is 1. The number of terminal acetylenes is 1. The van der Waals surface area contributed by atoms with Crippen molar-refractivity contribution in [2.45, 2.75) is 17.7 Å². The number of pyridine rings is 1. The summed E-state index contributed by atoms with van der Waals surface area (Å²) in [5.41, 5.74) is 3.63. The van der Waals surface area contributed by atoms with Crippen molar-refractivity contribution < 1.29 is 4.21 Å². The van der Waals surface area contributed by atoms with Gasteiger partial charge in [0.15, 0.2) is 0 Å². The minimum Gasteiger partial charge on any atom is -0.333 e. The molecule has 1 fully saturated rings. The van der Waals surface area contributed by atoms with Crippen molar-refractivity contribution in [2.75, 3.05) is 13.1 Å². The Bertz CT molecular complexity index is 947. The molecule has 1 unspecified atom stereocenters. The zero-order chi connectivity index (χ0) is 16.5. The molecule has 2 aromatic heterocycles. The molecule has 1 aliphatic rings. The molecule has 120 valence electrons. The summed E-state index contributed by atoms with van der Waals surface area (Å²) in [7, 11) is -1.06. The maximum Gasteiger partial charge on any atom is 0.138 e. The SMILES string of the molecule is C#Cc1cc2c(-c3ccc(S(=O)N4CCCC4)cc3)ccnc2[nH]1. The first kappa shape index (κ1) is 15.1. The molecule has 4 rings (SSSR count). The summed E-state index contributed by atoms with van der Waals surface area (Å²) in [4.78, 5) is 8.30. The van der Waals surface area contributed by atoms with E-state index in [-0.39, 0.29) is 0 Å². The number of hydrogen-bond donors (Lipinski definition) is 1. The van der Waals surface area contributed by atoms with Gasteiger partial charge in [-0.15, -0.1) is 6.42 Å². The second-order valence-corrected chi connectivity index (χ2v) is 7.34. The van der Waals surface area contributed by atoms with Gasteiger partial charge in [0.2, 0.25) is 0 Å². The van der Waals surface area contributed by atoms with E-state index in [9.17, 15) is 4.21 Å². The van der Waals surface area contributed by atoms with Crippen molar-refractivity contribution in [1.82, 2.24) is 14.3 Å². The van der Waals surface area contributed by atoms with Gasteiger partial charge in [0, 0.05) is 24.7 Å². The Morgan fingerprint density at radius 3 is 2.62 bits per heavy atom. The maximum absolute atomic E-state index is 12.5. The molecule has 3 heterocycles. The molecule has 5 heteroatoms. The Morgan fingerprint density at radius 2 is 1.92 bits per heavy atom. The minimum atomic E-state index is -1.06. The molecule has 1 N–H and O–H groups in total. The van der Waals surface area contributed by atoms with Crippen LogP contribution in [0.15, 0.2) is 47.5 Å². The van der Waals surface area contributed by atoms with Crippen molar-refractivity contribution in [2.24, 2.45) is 0 Å².